The highest BCUT2D eigenvalue weighted by Gasteiger charge is 2.24. The van der Waals surface area contributed by atoms with Crippen molar-refractivity contribution in [1.29, 1.82) is 0 Å². The molecule has 1 unspecified atom stereocenters. The van der Waals surface area contributed by atoms with Crippen molar-refractivity contribution >= 4 is 5.91 Å². The molecule has 4 heteroatoms. The predicted molar refractivity (Wildman–Crippen MR) is 86.1 cm³/mol. The fourth-order valence-corrected chi connectivity index (χ4v) is 2.67. The van der Waals surface area contributed by atoms with Gasteiger partial charge in [-0.2, -0.15) is 0 Å². The third kappa shape index (κ3) is 4.55. The van der Waals surface area contributed by atoms with Gasteiger partial charge in [0.15, 0.2) is 0 Å². The Morgan fingerprint density at radius 3 is 2.38 bits per heavy atom. The molecular formula is C17H27N3O. The Kier molecular flexibility index (Phi) is 5.76. The van der Waals surface area contributed by atoms with Crippen LogP contribution in [0.25, 0.3) is 0 Å². The molecule has 0 heterocycles. The Bertz CT molecular complexity index is 450. The Morgan fingerprint density at radius 2 is 1.90 bits per heavy atom. The van der Waals surface area contributed by atoms with Crippen molar-refractivity contribution in [2.75, 3.05) is 26.2 Å². The number of hydrogen-bond donors (Lipinski definition) is 2. The quantitative estimate of drug-likeness (QED) is 0.731. The molecule has 0 bridgehead atoms. The molecule has 1 fully saturated rings. The first-order valence-electron chi connectivity index (χ1n) is 8.00. The zero-order valence-electron chi connectivity index (χ0n) is 13.1. The fourth-order valence-electron chi connectivity index (χ4n) is 2.67. The van der Waals surface area contributed by atoms with Crippen molar-refractivity contribution in [3.05, 3.63) is 35.4 Å². The van der Waals surface area contributed by atoms with Gasteiger partial charge in [-0.3, -0.25) is 4.79 Å². The first-order valence-corrected chi connectivity index (χ1v) is 8.00. The van der Waals surface area contributed by atoms with Gasteiger partial charge >= 0.3 is 0 Å². The number of nitrogens with two attached hydrogens (primary N) is 1. The lowest BCUT2D eigenvalue weighted by Gasteiger charge is -2.21. The van der Waals surface area contributed by atoms with E-state index in [0.717, 1.165) is 37.7 Å². The third-order valence-electron chi connectivity index (χ3n) is 4.27. The first-order chi connectivity index (χ1) is 10.2. The van der Waals surface area contributed by atoms with Crippen LogP contribution >= 0.6 is 0 Å². The van der Waals surface area contributed by atoms with E-state index in [1.165, 1.54) is 18.4 Å². The summed E-state index contributed by atoms with van der Waals surface area (Å²) in [5.74, 6) is 0.426. The van der Waals surface area contributed by atoms with Gasteiger partial charge in [0.25, 0.3) is 0 Å². The van der Waals surface area contributed by atoms with Crippen LogP contribution < -0.4 is 11.1 Å². The molecule has 4 nitrogen and oxygen atoms in total. The van der Waals surface area contributed by atoms with E-state index >= 15 is 0 Å². The number of nitrogens with zero attached hydrogens (tertiary/aromatic N) is 1. The minimum atomic E-state index is -0.395. The predicted octanol–water partition coefficient (Wildman–Crippen LogP) is 2.02. The average Bonchev–Trinajstić information content (AvgIpc) is 3.32. The summed E-state index contributed by atoms with van der Waals surface area (Å²) in [5, 5.41) is 3.28. The van der Waals surface area contributed by atoms with Crippen molar-refractivity contribution in [1.82, 2.24) is 10.2 Å². The van der Waals surface area contributed by atoms with Crippen LogP contribution in [-0.2, 0) is 4.79 Å². The van der Waals surface area contributed by atoms with Crippen molar-refractivity contribution < 1.29 is 4.79 Å². The summed E-state index contributed by atoms with van der Waals surface area (Å²) < 4.78 is 0. The van der Waals surface area contributed by atoms with Crippen LogP contribution in [0, 0.1) is 0 Å². The zero-order valence-corrected chi connectivity index (χ0v) is 13.1. The zero-order chi connectivity index (χ0) is 15.2. The first kappa shape index (κ1) is 16.0. The monoisotopic (exact) mass is 289 g/mol. The molecule has 21 heavy (non-hydrogen) atoms. The van der Waals surface area contributed by atoms with Gasteiger partial charge in [0, 0.05) is 13.1 Å². The number of carbonyl (C=O) groups excluding carboxylic acids is 1. The van der Waals surface area contributed by atoms with Crippen LogP contribution in [0.15, 0.2) is 24.3 Å². The normalized spacial score (nSPS) is 16.1. The van der Waals surface area contributed by atoms with Crippen molar-refractivity contribution in [3.63, 3.8) is 0 Å². The second kappa shape index (κ2) is 7.57. The Balaban J connectivity index is 1.92. The molecule has 0 radical (unpaired) electrons. The topological polar surface area (TPSA) is 58.4 Å². The van der Waals surface area contributed by atoms with Gasteiger partial charge in [0.1, 0.15) is 6.04 Å². The number of benzene rings is 1. The summed E-state index contributed by atoms with van der Waals surface area (Å²) in [6, 6.07) is 7.94. The number of amides is 1. The van der Waals surface area contributed by atoms with E-state index in [9.17, 15) is 4.79 Å². The number of primary amides is 1. The molecule has 1 aromatic carbocycles. The van der Waals surface area contributed by atoms with Crippen LogP contribution in [-0.4, -0.2) is 37.0 Å². The molecule has 1 atom stereocenters. The maximum absolute atomic E-state index is 11.7. The van der Waals surface area contributed by atoms with Crippen LogP contribution in [0.3, 0.4) is 0 Å². The highest BCUT2D eigenvalue weighted by atomic mass is 16.1. The van der Waals surface area contributed by atoms with E-state index in [1.54, 1.807) is 0 Å². The Hall–Kier alpha value is -1.39. The highest BCUT2D eigenvalue weighted by Crippen LogP contribution is 2.40. The van der Waals surface area contributed by atoms with Crippen LogP contribution in [0.1, 0.15) is 49.8 Å². The minimum absolute atomic E-state index is 0.311. The number of nitrogens with one attached hydrogen (secondary N) is 1. The van der Waals surface area contributed by atoms with E-state index in [4.69, 9.17) is 5.73 Å². The Morgan fingerprint density at radius 1 is 1.29 bits per heavy atom. The molecule has 0 aliphatic heterocycles. The lowest BCUT2D eigenvalue weighted by atomic mass is 10.0. The van der Waals surface area contributed by atoms with Gasteiger partial charge in [-0.1, -0.05) is 38.1 Å². The minimum Gasteiger partial charge on any atom is -0.368 e. The second-order valence-corrected chi connectivity index (χ2v) is 5.76. The van der Waals surface area contributed by atoms with Crippen molar-refractivity contribution in [3.8, 4) is 0 Å². The second-order valence-electron chi connectivity index (χ2n) is 5.76. The fraction of sp³-hybridized carbons (Fsp3) is 0.588. The molecular weight excluding hydrogens is 262 g/mol. The molecule has 0 aromatic heterocycles. The summed E-state index contributed by atoms with van der Waals surface area (Å²) in [6.07, 6.45) is 2.58. The number of rotatable bonds is 9. The number of hydrogen-bond acceptors (Lipinski definition) is 3. The van der Waals surface area contributed by atoms with Gasteiger partial charge in [-0.05, 0) is 43.0 Å². The maximum atomic E-state index is 11.7. The average molecular weight is 289 g/mol. The van der Waals surface area contributed by atoms with Crippen molar-refractivity contribution in [2.24, 2.45) is 5.73 Å². The standard InChI is InChI=1S/C17H27N3O/c1-3-20(4-2)12-11-19-16(17(18)21)15-9-7-14(8-10-15)13-5-6-13/h7-10,13,16,19H,3-6,11-12H2,1-2H3,(H2,18,21). The lowest BCUT2D eigenvalue weighted by Crippen LogP contribution is -2.38. The summed E-state index contributed by atoms with van der Waals surface area (Å²) >= 11 is 0. The molecule has 1 aliphatic rings. The van der Waals surface area contributed by atoms with Gasteiger partial charge < -0.3 is 16.0 Å². The van der Waals surface area contributed by atoms with Gasteiger partial charge in [-0.15, -0.1) is 0 Å². The molecule has 1 aliphatic carbocycles. The smallest absolute Gasteiger partial charge is 0.239 e. The van der Waals surface area contributed by atoms with Crippen molar-refractivity contribution in [2.45, 2.75) is 38.6 Å². The lowest BCUT2D eigenvalue weighted by molar-refractivity contribution is -0.120. The van der Waals surface area contributed by atoms with E-state index in [0.29, 0.717) is 0 Å². The molecule has 1 aromatic rings. The van der Waals surface area contributed by atoms with Gasteiger partial charge in [-0.25, -0.2) is 0 Å². The van der Waals surface area contributed by atoms with E-state index < -0.39 is 6.04 Å². The van der Waals surface area contributed by atoms with E-state index in [1.807, 2.05) is 12.1 Å². The molecule has 1 saturated carbocycles. The summed E-state index contributed by atoms with van der Waals surface area (Å²) in [7, 11) is 0. The van der Waals surface area contributed by atoms with Crippen LogP contribution in [0.2, 0.25) is 0 Å². The molecule has 0 saturated heterocycles. The maximum Gasteiger partial charge on any atom is 0.239 e. The molecule has 1 amide bonds. The number of carbonyl (C=O) groups is 1. The summed E-state index contributed by atoms with van der Waals surface area (Å²) in [6.45, 7) is 8.03. The molecule has 2 rings (SSSR count). The third-order valence-corrected chi connectivity index (χ3v) is 4.27. The molecule has 116 valence electrons. The summed E-state index contributed by atoms with van der Waals surface area (Å²) in [5.41, 5.74) is 7.89. The SMILES string of the molecule is CCN(CC)CCNC(C(N)=O)c1ccc(C2CC2)cc1. The number of likely N-dealkylation sites (N-methyl/N-ethyl adjacent to an activating group) is 1. The van der Waals surface area contributed by atoms with Crippen LogP contribution in [0.4, 0.5) is 0 Å². The molecule has 3 N–H and O–H groups in total. The molecule has 0 spiro atoms. The van der Waals surface area contributed by atoms with E-state index in [2.05, 4.69) is 36.2 Å². The summed E-state index contributed by atoms with van der Waals surface area (Å²) in [4.78, 5) is 14.0. The van der Waals surface area contributed by atoms with E-state index in [-0.39, 0.29) is 5.91 Å². The van der Waals surface area contributed by atoms with Gasteiger partial charge in [0.2, 0.25) is 5.91 Å². The largest absolute Gasteiger partial charge is 0.368 e. The Labute approximate surface area is 127 Å². The highest BCUT2D eigenvalue weighted by molar-refractivity contribution is 5.81. The van der Waals surface area contributed by atoms with Crippen LogP contribution in [0.5, 0.6) is 0 Å². The van der Waals surface area contributed by atoms with Gasteiger partial charge in [0.05, 0.1) is 0 Å².